The highest BCUT2D eigenvalue weighted by Gasteiger charge is 2.18. The molecule has 18 heavy (non-hydrogen) atoms. The Labute approximate surface area is 112 Å². The van der Waals surface area contributed by atoms with E-state index in [0.29, 0.717) is 19.6 Å². The first-order valence-corrected chi connectivity index (χ1v) is 6.77. The van der Waals surface area contributed by atoms with E-state index in [1.54, 1.807) is 36.6 Å². The lowest BCUT2D eigenvalue weighted by molar-refractivity contribution is -0.132. The molecule has 102 valence electrons. The van der Waals surface area contributed by atoms with Gasteiger partial charge < -0.3 is 15.4 Å². The number of hydrogen-bond donors (Lipinski definition) is 1. The molecule has 2 N–H and O–H groups in total. The maximum atomic E-state index is 12.0. The summed E-state index contributed by atoms with van der Waals surface area (Å²) < 4.78 is 4.94. The monoisotopic (exact) mass is 271 g/mol. The number of hydrogen-bond acceptors (Lipinski definition) is 5. The van der Waals surface area contributed by atoms with Crippen molar-refractivity contribution >= 4 is 17.2 Å². The topological polar surface area (TPSA) is 68.5 Å². The molecule has 0 aliphatic carbocycles. The van der Waals surface area contributed by atoms with Crippen molar-refractivity contribution in [2.45, 2.75) is 32.4 Å². The highest BCUT2D eigenvalue weighted by atomic mass is 32.1. The van der Waals surface area contributed by atoms with E-state index >= 15 is 0 Å². The van der Waals surface area contributed by atoms with Crippen molar-refractivity contribution in [3.05, 3.63) is 16.1 Å². The standard InChI is InChI=1S/C12H21N3O2S/c1-9-14-7-10(18-9)8-15(2)12(16)11(13)5-4-6-17-3/h7,11H,4-6,8,13H2,1-3H3. The fourth-order valence-electron chi connectivity index (χ4n) is 1.64. The maximum absolute atomic E-state index is 12.0. The second-order valence-electron chi connectivity index (χ2n) is 4.28. The molecule has 0 spiro atoms. The third-order valence-electron chi connectivity index (χ3n) is 2.62. The number of amides is 1. The largest absolute Gasteiger partial charge is 0.385 e. The van der Waals surface area contributed by atoms with Crippen molar-refractivity contribution in [2.75, 3.05) is 20.8 Å². The summed E-state index contributed by atoms with van der Waals surface area (Å²) in [5.74, 6) is -0.0304. The predicted octanol–water partition coefficient (Wildman–Crippen LogP) is 1.16. The van der Waals surface area contributed by atoms with Crippen molar-refractivity contribution < 1.29 is 9.53 Å². The van der Waals surface area contributed by atoms with Crippen LogP contribution in [0.5, 0.6) is 0 Å². The van der Waals surface area contributed by atoms with Crippen molar-refractivity contribution in [1.29, 1.82) is 0 Å². The van der Waals surface area contributed by atoms with Gasteiger partial charge in [-0.1, -0.05) is 0 Å². The molecule has 0 radical (unpaired) electrons. The molecule has 0 bridgehead atoms. The summed E-state index contributed by atoms with van der Waals surface area (Å²) >= 11 is 1.60. The summed E-state index contributed by atoms with van der Waals surface area (Å²) in [7, 11) is 3.42. The van der Waals surface area contributed by atoms with Gasteiger partial charge in [0.1, 0.15) is 0 Å². The Kier molecular flexibility index (Phi) is 6.24. The fourth-order valence-corrected chi connectivity index (χ4v) is 2.49. The number of nitrogens with two attached hydrogens (primary N) is 1. The zero-order valence-electron chi connectivity index (χ0n) is 11.2. The van der Waals surface area contributed by atoms with Crippen LogP contribution in [0.15, 0.2) is 6.20 Å². The quantitative estimate of drug-likeness (QED) is 0.756. The average Bonchev–Trinajstić information content (AvgIpc) is 2.73. The number of nitrogens with zero attached hydrogens (tertiary/aromatic N) is 2. The summed E-state index contributed by atoms with van der Waals surface area (Å²) in [6, 6.07) is -0.445. The van der Waals surface area contributed by atoms with Gasteiger partial charge in [-0.3, -0.25) is 4.79 Å². The second-order valence-corrected chi connectivity index (χ2v) is 5.60. The number of likely N-dealkylation sites (N-methyl/N-ethyl adjacent to an activating group) is 1. The van der Waals surface area contributed by atoms with Crippen LogP contribution >= 0.6 is 11.3 Å². The normalized spacial score (nSPS) is 12.4. The Hall–Kier alpha value is -0.980. The molecule has 1 unspecified atom stereocenters. The van der Waals surface area contributed by atoms with Gasteiger partial charge in [-0.05, 0) is 19.8 Å². The third kappa shape index (κ3) is 4.72. The number of carbonyl (C=O) groups is 1. The minimum absolute atomic E-state index is 0.0304. The van der Waals surface area contributed by atoms with Crippen LogP contribution in [0, 0.1) is 6.92 Å². The van der Waals surface area contributed by atoms with Gasteiger partial charge in [0.05, 0.1) is 17.6 Å². The molecule has 5 nitrogen and oxygen atoms in total. The van der Waals surface area contributed by atoms with Crippen LogP contribution in [0.25, 0.3) is 0 Å². The smallest absolute Gasteiger partial charge is 0.239 e. The van der Waals surface area contributed by atoms with E-state index < -0.39 is 6.04 Å². The number of thiazole rings is 1. The first-order chi connectivity index (χ1) is 8.54. The van der Waals surface area contributed by atoms with Crippen molar-refractivity contribution in [1.82, 2.24) is 9.88 Å². The van der Waals surface area contributed by atoms with Crippen molar-refractivity contribution in [2.24, 2.45) is 5.73 Å². The Morgan fingerprint density at radius 2 is 2.39 bits per heavy atom. The van der Waals surface area contributed by atoms with Gasteiger partial charge in [0, 0.05) is 31.8 Å². The van der Waals surface area contributed by atoms with E-state index in [4.69, 9.17) is 10.5 Å². The van der Waals surface area contributed by atoms with Gasteiger partial charge in [-0.25, -0.2) is 4.98 Å². The molecule has 0 fully saturated rings. The number of methoxy groups -OCH3 is 1. The summed E-state index contributed by atoms with van der Waals surface area (Å²) in [6.07, 6.45) is 3.26. The minimum atomic E-state index is -0.445. The minimum Gasteiger partial charge on any atom is -0.385 e. The molecule has 0 aromatic carbocycles. The molecule has 1 aromatic rings. The van der Waals surface area contributed by atoms with E-state index in [1.165, 1.54) is 0 Å². The third-order valence-corrected chi connectivity index (χ3v) is 3.52. The molecule has 6 heteroatoms. The molecule has 1 heterocycles. The van der Waals surface area contributed by atoms with Gasteiger partial charge in [-0.2, -0.15) is 0 Å². The number of ether oxygens (including phenoxy) is 1. The molecule has 0 saturated carbocycles. The van der Waals surface area contributed by atoms with Crippen LogP contribution in [0.2, 0.25) is 0 Å². The van der Waals surface area contributed by atoms with Gasteiger partial charge in [0.2, 0.25) is 5.91 Å². The molecule has 1 rings (SSSR count). The van der Waals surface area contributed by atoms with Crippen LogP contribution in [0.1, 0.15) is 22.7 Å². The van der Waals surface area contributed by atoms with Gasteiger partial charge in [0.15, 0.2) is 0 Å². The molecule has 1 aromatic heterocycles. The van der Waals surface area contributed by atoms with Crippen LogP contribution < -0.4 is 5.73 Å². The summed E-state index contributed by atoms with van der Waals surface area (Å²) in [5, 5.41) is 1.01. The van der Waals surface area contributed by atoms with E-state index in [1.807, 2.05) is 6.92 Å². The molecular formula is C12H21N3O2S. The Balaban J connectivity index is 2.40. The van der Waals surface area contributed by atoms with Crippen molar-refractivity contribution in [3.8, 4) is 0 Å². The summed E-state index contributed by atoms with van der Waals surface area (Å²) in [4.78, 5) is 18.9. The molecule has 0 aliphatic rings. The highest BCUT2D eigenvalue weighted by molar-refractivity contribution is 7.11. The fraction of sp³-hybridized carbons (Fsp3) is 0.667. The number of aromatic nitrogens is 1. The lowest BCUT2D eigenvalue weighted by Crippen LogP contribution is -2.41. The molecule has 1 amide bonds. The van der Waals surface area contributed by atoms with E-state index in [2.05, 4.69) is 4.98 Å². The number of rotatable bonds is 7. The Morgan fingerprint density at radius 1 is 1.67 bits per heavy atom. The summed E-state index contributed by atoms with van der Waals surface area (Å²) in [5.41, 5.74) is 5.86. The zero-order chi connectivity index (χ0) is 13.5. The molecular weight excluding hydrogens is 250 g/mol. The van der Waals surface area contributed by atoms with Gasteiger partial charge in [-0.15, -0.1) is 11.3 Å². The molecule has 0 saturated heterocycles. The number of aryl methyl sites for hydroxylation is 1. The lowest BCUT2D eigenvalue weighted by Gasteiger charge is -2.20. The van der Waals surface area contributed by atoms with Crippen LogP contribution in [0.3, 0.4) is 0 Å². The van der Waals surface area contributed by atoms with E-state index in [9.17, 15) is 4.79 Å². The van der Waals surface area contributed by atoms with Gasteiger partial charge >= 0.3 is 0 Å². The SMILES string of the molecule is COCCCC(N)C(=O)N(C)Cc1cnc(C)s1. The van der Waals surface area contributed by atoms with Gasteiger partial charge in [0.25, 0.3) is 0 Å². The van der Waals surface area contributed by atoms with Crippen LogP contribution in [-0.2, 0) is 16.1 Å². The Bertz CT molecular complexity index is 381. The lowest BCUT2D eigenvalue weighted by atomic mass is 10.1. The first-order valence-electron chi connectivity index (χ1n) is 5.95. The van der Waals surface area contributed by atoms with Crippen molar-refractivity contribution in [3.63, 3.8) is 0 Å². The molecule has 1 atom stereocenters. The van der Waals surface area contributed by atoms with Crippen LogP contribution in [0.4, 0.5) is 0 Å². The number of carbonyl (C=O) groups excluding carboxylic acids is 1. The second kappa shape index (κ2) is 7.45. The predicted molar refractivity (Wildman–Crippen MR) is 72.4 cm³/mol. The average molecular weight is 271 g/mol. The maximum Gasteiger partial charge on any atom is 0.239 e. The summed E-state index contributed by atoms with van der Waals surface area (Å²) in [6.45, 7) is 3.16. The first kappa shape index (κ1) is 15.1. The molecule has 0 aliphatic heterocycles. The van der Waals surface area contributed by atoms with E-state index in [0.717, 1.165) is 16.3 Å². The highest BCUT2D eigenvalue weighted by Crippen LogP contribution is 2.14. The Morgan fingerprint density at radius 3 is 2.94 bits per heavy atom. The van der Waals surface area contributed by atoms with Crippen LogP contribution in [-0.4, -0.2) is 42.6 Å². The van der Waals surface area contributed by atoms with E-state index in [-0.39, 0.29) is 5.91 Å². The zero-order valence-corrected chi connectivity index (χ0v) is 12.0.